The second kappa shape index (κ2) is 9.19. The van der Waals surface area contributed by atoms with Crippen molar-refractivity contribution in [3.05, 3.63) is 83.4 Å². The summed E-state index contributed by atoms with van der Waals surface area (Å²) in [6.07, 6.45) is 4.60. The van der Waals surface area contributed by atoms with Gasteiger partial charge < -0.3 is 10.6 Å². The Balaban J connectivity index is 1.62. The van der Waals surface area contributed by atoms with Gasteiger partial charge >= 0.3 is 0 Å². The van der Waals surface area contributed by atoms with Crippen LogP contribution in [-0.2, 0) is 11.2 Å². The molecule has 3 nitrogen and oxygen atoms in total. The van der Waals surface area contributed by atoms with Crippen LogP contribution in [0.3, 0.4) is 0 Å². The number of amides is 1. The molecule has 3 rings (SSSR count). The van der Waals surface area contributed by atoms with Crippen molar-refractivity contribution in [1.82, 2.24) is 10.6 Å². The van der Waals surface area contributed by atoms with E-state index in [4.69, 9.17) is 0 Å². The number of rotatable bonds is 7. The summed E-state index contributed by atoms with van der Waals surface area (Å²) in [5, 5.41) is 6.40. The van der Waals surface area contributed by atoms with E-state index in [-0.39, 0.29) is 11.8 Å². The molecule has 1 heterocycles. The predicted octanol–water partition coefficient (Wildman–Crippen LogP) is 3.44. The third-order valence-electron chi connectivity index (χ3n) is 4.70. The Bertz CT molecular complexity index is 694. The van der Waals surface area contributed by atoms with Gasteiger partial charge in [0, 0.05) is 19.5 Å². The molecule has 1 amide bonds. The molecule has 2 N–H and O–H groups in total. The third kappa shape index (κ3) is 5.57. The van der Waals surface area contributed by atoms with Crippen LogP contribution in [0.15, 0.2) is 72.3 Å². The highest BCUT2D eigenvalue weighted by atomic mass is 16.1. The van der Waals surface area contributed by atoms with E-state index in [2.05, 4.69) is 53.1 Å². The van der Waals surface area contributed by atoms with Crippen molar-refractivity contribution in [3.63, 3.8) is 0 Å². The summed E-state index contributed by atoms with van der Waals surface area (Å²) in [4.78, 5) is 12.5. The van der Waals surface area contributed by atoms with Crippen LogP contribution < -0.4 is 10.6 Å². The first-order valence-corrected chi connectivity index (χ1v) is 9.05. The molecular formula is C22H26N2O. The molecule has 0 aliphatic carbocycles. The van der Waals surface area contributed by atoms with E-state index in [0.29, 0.717) is 13.0 Å². The van der Waals surface area contributed by atoms with Gasteiger partial charge in [-0.1, -0.05) is 72.3 Å². The monoisotopic (exact) mass is 334 g/mol. The van der Waals surface area contributed by atoms with Gasteiger partial charge in [0.1, 0.15) is 0 Å². The Hall–Kier alpha value is -2.39. The molecule has 1 aliphatic heterocycles. The van der Waals surface area contributed by atoms with E-state index in [0.717, 1.165) is 25.9 Å². The molecule has 1 unspecified atom stereocenters. The lowest BCUT2D eigenvalue weighted by atomic mass is 9.89. The van der Waals surface area contributed by atoms with Gasteiger partial charge in [-0.2, -0.15) is 0 Å². The number of nitrogens with one attached hydrogen (secondary N) is 2. The van der Waals surface area contributed by atoms with Crippen LogP contribution in [-0.4, -0.2) is 25.5 Å². The van der Waals surface area contributed by atoms with Crippen molar-refractivity contribution in [2.75, 3.05) is 19.6 Å². The van der Waals surface area contributed by atoms with Gasteiger partial charge in [0.15, 0.2) is 0 Å². The molecule has 0 fully saturated rings. The number of benzene rings is 2. The fraction of sp³-hybridized carbons (Fsp3) is 0.318. The molecule has 0 saturated heterocycles. The molecule has 3 heteroatoms. The Morgan fingerprint density at radius 2 is 1.76 bits per heavy atom. The van der Waals surface area contributed by atoms with E-state index in [1.165, 1.54) is 16.7 Å². The molecule has 1 atom stereocenters. The highest BCUT2D eigenvalue weighted by Crippen LogP contribution is 2.24. The van der Waals surface area contributed by atoms with Crippen LogP contribution in [0.1, 0.15) is 29.9 Å². The van der Waals surface area contributed by atoms with Gasteiger partial charge in [-0.25, -0.2) is 0 Å². The zero-order valence-electron chi connectivity index (χ0n) is 14.6. The maximum atomic E-state index is 12.5. The first kappa shape index (κ1) is 17.4. The zero-order valence-corrected chi connectivity index (χ0v) is 14.6. The van der Waals surface area contributed by atoms with Gasteiger partial charge in [0.25, 0.3) is 0 Å². The molecule has 0 spiro atoms. The lowest BCUT2D eigenvalue weighted by molar-refractivity contribution is -0.121. The number of hydrogen-bond donors (Lipinski definition) is 2. The van der Waals surface area contributed by atoms with Crippen LogP contribution in [0.5, 0.6) is 0 Å². The van der Waals surface area contributed by atoms with Crippen molar-refractivity contribution in [1.29, 1.82) is 0 Å². The first-order chi connectivity index (χ1) is 12.3. The van der Waals surface area contributed by atoms with E-state index in [1.54, 1.807) is 0 Å². The minimum atomic E-state index is 0.129. The van der Waals surface area contributed by atoms with E-state index >= 15 is 0 Å². The maximum absolute atomic E-state index is 12.5. The standard InChI is InChI=1S/C22H26N2O/c25-22(24-17-19-11-13-23-14-12-19)16-21(20-9-5-2-6-10-20)15-18-7-3-1-4-8-18/h1-11,21,23H,12-17H2,(H,24,25). The van der Waals surface area contributed by atoms with Crippen LogP contribution in [0, 0.1) is 0 Å². The average Bonchev–Trinajstić information content (AvgIpc) is 2.68. The molecule has 0 saturated carbocycles. The SMILES string of the molecule is O=C(CC(Cc1ccccc1)c1ccccc1)NCC1=CCNCC1. The van der Waals surface area contributed by atoms with Crippen molar-refractivity contribution in [2.24, 2.45) is 0 Å². The minimum absolute atomic E-state index is 0.129. The van der Waals surface area contributed by atoms with E-state index < -0.39 is 0 Å². The zero-order chi connectivity index (χ0) is 17.3. The largest absolute Gasteiger partial charge is 0.352 e. The van der Waals surface area contributed by atoms with E-state index in [9.17, 15) is 4.79 Å². The van der Waals surface area contributed by atoms with Gasteiger partial charge in [0.2, 0.25) is 5.91 Å². The van der Waals surface area contributed by atoms with Gasteiger partial charge in [-0.05, 0) is 36.4 Å². The Morgan fingerprint density at radius 1 is 1.04 bits per heavy atom. The molecule has 25 heavy (non-hydrogen) atoms. The molecular weight excluding hydrogens is 308 g/mol. The van der Waals surface area contributed by atoms with Crippen LogP contribution in [0.4, 0.5) is 0 Å². The highest BCUT2D eigenvalue weighted by Gasteiger charge is 2.17. The van der Waals surface area contributed by atoms with Crippen molar-refractivity contribution in [3.8, 4) is 0 Å². The van der Waals surface area contributed by atoms with Crippen LogP contribution >= 0.6 is 0 Å². The fourth-order valence-corrected chi connectivity index (χ4v) is 3.27. The van der Waals surface area contributed by atoms with Crippen molar-refractivity contribution in [2.45, 2.75) is 25.2 Å². The molecule has 1 aliphatic rings. The summed E-state index contributed by atoms with van der Waals surface area (Å²) in [6, 6.07) is 20.8. The summed E-state index contributed by atoms with van der Waals surface area (Å²) in [5.74, 6) is 0.329. The Kier molecular flexibility index (Phi) is 6.41. The summed E-state index contributed by atoms with van der Waals surface area (Å²) in [7, 11) is 0. The lowest BCUT2D eigenvalue weighted by Crippen LogP contribution is -2.30. The molecule has 0 bridgehead atoms. The molecule has 2 aromatic carbocycles. The molecule has 2 aromatic rings. The summed E-state index contributed by atoms with van der Waals surface area (Å²) >= 11 is 0. The van der Waals surface area contributed by atoms with Crippen molar-refractivity contribution < 1.29 is 4.79 Å². The topological polar surface area (TPSA) is 41.1 Å². The Morgan fingerprint density at radius 3 is 2.44 bits per heavy atom. The molecule has 0 radical (unpaired) electrons. The quantitative estimate of drug-likeness (QED) is 0.762. The van der Waals surface area contributed by atoms with Crippen LogP contribution in [0.25, 0.3) is 0 Å². The van der Waals surface area contributed by atoms with E-state index in [1.807, 2.05) is 24.3 Å². The Labute approximate surface area is 150 Å². The average molecular weight is 334 g/mol. The predicted molar refractivity (Wildman–Crippen MR) is 103 cm³/mol. The van der Waals surface area contributed by atoms with Gasteiger partial charge in [-0.3, -0.25) is 4.79 Å². The summed E-state index contributed by atoms with van der Waals surface area (Å²) in [5.41, 5.74) is 3.82. The minimum Gasteiger partial charge on any atom is -0.352 e. The normalized spacial score (nSPS) is 15.3. The number of carbonyl (C=O) groups excluding carboxylic acids is 1. The van der Waals surface area contributed by atoms with Gasteiger partial charge in [0.05, 0.1) is 0 Å². The molecule has 130 valence electrons. The fourth-order valence-electron chi connectivity index (χ4n) is 3.27. The van der Waals surface area contributed by atoms with Gasteiger partial charge in [-0.15, -0.1) is 0 Å². The first-order valence-electron chi connectivity index (χ1n) is 9.05. The summed E-state index contributed by atoms with van der Waals surface area (Å²) in [6.45, 7) is 2.58. The second-order valence-corrected chi connectivity index (χ2v) is 6.59. The maximum Gasteiger partial charge on any atom is 0.220 e. The smallest absolute Gasteiger partial charge is 0.220 e. The second-order valence-electron chi connectivity index (χ2n) is 6.59. The van der Waals surface area contributed by atoms with Crippen LogP contribution in [0.2, 0.25) is 0 Å². The number of hydrogen-bond acceptors (Lipinski definition) is 2. The molecule has 0 aromatic heterocycles. The summed E-state index contributed by atoms with van der Waals surface area (Å²) < 4.78 is 0. The lowest BCUT2D eigenvalue weighted by Gasteiger charge is -2.19. The van der Waals surface area contributed by atoms with Crippen molar-refractivity contribution >= 4 is 5.91 Å². The third-order valence-corrected chi connectivity index (χ3v) is 4.70. The number of carbonyl (C=O) groups is 1. The highest BCUT2D eigenvalue weighted by molar-refractivity contribution is 5.77.